The van der Waals surface area contributed by atoms with Gasteiger partial charge >= 0.3 is 0 Å². The molecule has 1 saturated heterocycles. The second-order valence-corrected chi connectivity index (χ2v) is 5.24. The van der Waals surface area contributed by atoms with E-state index in [1.807, 2.05) is 11.9 Å². The van der Waals surface area contributed by atoms with Crippen LogP contribution in [0.3, 0.4) is 0 Å². The molecule has 1 aromatic rings. The van der Waals surface area contributed by atoms with Crippen LogP contribution in [0.25, 0.3) is 0 Å². The average molecular weight is 279 g/mol. The van der Waals surface area contributed by atoms with Gasteiger partial charge in [0, 0.05) is 6.54 Å². The molecule has 20 heavy (non-hydrogen) atoms. The summed E-state index contributed by atoms with van der Waals surface area (Å²) in [6.07, 6.45) is 3.68. The van der Waals surface area contributed by atoms with E-state index in [4.69, 9.17) is 4.42 Å². The van der Waals surface area contributed by atoms with Crippen molar-refractivity contribution in [2.75, 3.05) is 33.2 Å². The largest absolute Gasteiger partial charge is 0.459 e. The Morgan fingerprint density at radius 1 is 1.45 bits per heavy atom. The second kappa shape index (κ2) is 7.21. The maximum Gasteiger partial charge on any atom is 0.293 e. The number of amides is 2. The van der Waals surface area contributed by atoms with Gasteiger partial charge in [-0.05, 0) is 51.0 Å². The Kier molecular flexibility index (Phi) is 5.31. The third-order valence-corrected chi connectivity index (χ3v) is 3.44. The van der Waals surface area contributed by atoms with Gasteiger partial charge in [-0.2, -0.15) is 0 Å². The molecule has 1 aliphatic heterocycles. The molecule has 2 rings (SSSR count). The van der Waals surface area contributed by atoms with Gasteiger partial charge in [-0.15, -0.1) is 0 Å². The lowest BCUT2D eigenvalue weighted by molar-refractivity contribution is -0.121. The molecule has 2 heterocycles. The van der Waals surface area contributed by atoms with Crippen LogP contribution in [-0.2, 0) is 4.79 Å². The highest BCUT2D eigenvalue weighted by Gasteiger charge is 2.18. The van der Waals surface area contributed by atoms with Crippen LogP contribution >= 0.6 is 0 Å². The van der Waals surface area contributed by atoms with Gasteiger partial charge in [-0.3, -0.25) is 19.8 Å². The van der Waals surface area contributed by atoms with E-state index in [1.165, 1.54) is 12.3 Å². The number of imide groups is 1. The minimum atomic E-state index is -0.490. The van der Waals surface area contributed by atoms with Crippen LogP contribution in [0.5, 0.6) is 0 Å². The first-order valence-corrected chi connectivity index (χ1v) is 6.92. The molecule has 6 nitrogen and oxygen atoms in total. The number of rotatable bonds is 5. The molecular formula is C14H21N3O3. The Morgan fingerprint density at radius 2 is 2.20 bits per heavy atom. The predicted octanol–water partition coefficient (Wildman–Crippen LogP) is 0.467. The van der Waals surface area contributed by atoms with Crippen molar-refractivity contribution in [3.8, 4) is 0 Å². The number of likely N-dealkylation sites (N-methyl/N-ethyl adjacent to an activating group) is 1. The van der Waals surface area contributed by atoms with Crippen LogP contribution in [0.1, 0.15) is 23.4 Å². The Morgan fingerprint density at radius 3 is 2.85 bits per heavy atom. The third kappa shape index (κ3) is 4.47. The number of hydrogen-bond acceptors (Lipinski definition) is 5. The molecule has 110 valence electrons. The van der Waals surface area contributed by atoms with Gasteiger partial charge in [-0.1, -0.05) is 0 Å². The molecule has 0 atom stereocenters. The number of piperidine rings is 1. The summed E-state index contributed by atoms with van der Waals surface area (Å²) in [5.74, 6) is -0.0210. The zero-order valence-electron chi connectivity index (χ0n) is 11.7. The van der Waals surface area contributed by atoms with Crippen molar-refractivity contribution in [1.29, 1.82) is 0 Å². The van der Waals surface area contributed by atoms with E-state index in [9.17, 15) is 9.59 Å². The summed E-state index contributed by atoms with van der Waals surface area (Å²) in [6, 6.07) is 3.14. The highest BCUT2D eigenvalue weighted by Crippen LogP contribution is 2.12. The zero-order chi connectivity index (χ0) is 14.4. The molecular weight excluding hydrogens is 258 g/mol. The SMILES string of the molecule is CN(CC(=O)NC(=O)c1ccco1)CC1CCNCC1. The van der Waals surface area contributed by atoms with Crippen LogP contribution < -0.4 is 10.6 Å². The first kappa shape index (κ1) is 14.7. The maximum absolute atomic E-state index is 11.8. The van der Waals surface area contributed by atoms with E-state index in [0.717, 1.165) is 32.5 Å². The summed E-state index contributed by atoms with van der Waals surface area (Å²) in [7, 11) is 1.90. The first-order valence-electron chi connectivity index (χ1n) is 6.92. The van der Waals surface area contributed by atoms with Crippen LogP contribution in [-0.4, -0.2) is 49.9 Å². The maximum atomic E-state index is 11.8. The molecule has 1 fully saturated rings. The van der Waals surface area contributed by atoms with Gasteiger partial charge in [0.1, 0.15) is 0 Å². The quantitative estimate of drug-likeness (QED) is 0.819. The molecule has 1 aliphatic rings. The standard InChI is InChI=1S/C14H21N3O3/c1-17(9-11-4-6-15-7-5-11)10-13(18)16-14(19)12-3-2-8-20-12/h2-3,8,11,15H,4-7,9-10H2,1H3,(H,16,18,19). The first-order chi connectivity index (χ1) is 9.65. The summed E-state index contributed by atoms with van der Waals surface area (Å²) >= 11 is 0. The number of hydrogen-bond donors (Lipinski definition) is 2. The highest BCUT2D eigenvalue weighted by atomic mass is 16.3. The monoisotopic (exact) mass is 279 g/mol. The summed E-state index contributed by atoms with van der Waals surface area (Å²) in [5.41, 5.74) is 0. The smallest absolute Gasteiger partial charge is 0.293 e. The van der Waals surface area contributed by atoms with Gasteiger partial charge in [0.2, 0.25) is 5.91 Å². The number of nitrogens with one attached hydrogen (secondary N) is 2. The number of furan rings is 1. The van der Waals surface area contributed by atoms with E-state index >= 15 is 0 Å². The van der Waals surface area contributed by atoms with Gasteiger partial charge in [0.25, 0.3) is 5.91 Å². The fourth-order valence-electron chi connectivity index (χ4n) is 2.45. The normalized spacial score (nSPS) is 16.3. The third-order valence-electron chi connectivity index (χ3n) is 3.44. The zero-order valence-corrected chi connectivity index (χ0v) is 11.7. The number of carbonyl (C=O) groups excluding carboxylic acids is 2. The molecule has 6 heteroatoms. The van der Waals surface area contributed by atoms with Crippen LogP contribution in [0.15, 0.2) is 22.8 Å². The van der Waals surface area contributed by atoms with Crippen molar-refractivity contribution in [2.45, 2.75) is 12.8 Å². The number of carbonyl (C=O) groups is 2. The second-order valence-electron chi connectivity index (χ2n) is 5.24. The Hall–Kier alpha value is -1.66. The van der Waals surface area contributed by atoms with Gasteiger partial charge in [-0.25, -0.2) is 0 Å². The van der Waals surface area contributed by atoms with Crippen molar-refractivity contribution in [1.82, 2.24) is 15.5 Å². The highest BCUT2D eigenvalue weighted by molar-refractivity contribution is 6.03. The summed E-state index contributed by atoms with van der Waals surface area (Å²) in [4.78, 5) is 25.4. The van der Waals surface area contributed by atoms with Crippen LogP contribution in [0, 0.1) is 5.92 Å². The van der Waals surface area contributed by atoms with Crippen molar-refractivity contribution >= 4 is 11.8 Å². The molecule has 2 N–H and O–H groups in total. The Labute approximate surface area is 118 Å². The Balaban J connectivity index is 1.71. The lowest BCUT2D eigenvalue weighted by Gasteiger charge is -2.27. The van der Waals surface area contributed by atoms with Gasteiger partial charge in [0.05, 0.1) is 12.8 Å². The van der Waals surface area contributed by atoms with Crippen LogP contribution in [0.4, 0.5) is 0 Å². The summed E-state index contributed by atoms with van der Waals surface area (Å²) in [6.45, 7) is 3.18. The topological polar surface area (TPSA) is 74.6 Å². The molecule has 0 unspecified atom stereocenters. The molecule has 2 amide bonds. The molecule has 0 aliphatic carbocycles. The van der Waals surface area contributed by atoms with E-state index in [1.54, 1.807) is 6.07 Å². The van der Waals surface area contributed by atoms with Crippen molar-refractivity contribution in [2.24, 2.45) is 5.92 Å². The van der Waals surface area contributed by atoms with E-state index in [2.05, 4.69) is 10.6 Å². The van der Waals surface area contributed by atoms with Crippen molar-refractivity contribution in [3.05, 3.63) is 24.2 Å². The lowest BCUT2D eigenvalue weighted by atomic mass is 9.98. The fraction of sp³-hybridized carbons (Fsp3) is 0.571. The van der Waals surface area contributed by atoms with Gasteiger partial charge in [0.15, 0.2) is 5.76 Å². The molecule has 0 saturated carbocycles. The average Bonchev–Trinajstić information content (AvgIpc) is 2.93. The fourth-order valence-corrected chi connectivity index (χ4v) is 2.45. The van der Waals surface area contributed by atoms with Crippen molar-refractivity contribution < 1.29 is 14.0 Å². The molecule has 0 bridgehead atoms. The Bertz CT molecular complexity index is 439. The molecule has 0 aromatic carbocycles. The molecule has 1 aromatic heterocycles. The van der Waals surface area contributed by atoms with Crippen molar-refractivity contribution in [3.63, 3.8) is 0 Å². The van der Waals surface area contributed by atoms with Gasteiger partial charge < -0.3 is 9.73 Å². The van der Waals surface area contributed by atoms with E-state index in [-0.39, 0.29) is 18.2 Å². The molecule has 0 radical (unpaired) electrons. The predicted molar refractivity (Wildman–Crippen MR) is 74.3 cm³/mol. The lowest BCUT2D eigenvalue weighted by Crippen LogP contribution is -2.41. The minimum absolute atomic E-state index is 0.152. The summed E-state index contributed by atoms with van der Waals surface area (Å²) in [5, 5.41) is 5.64. The number of nitrogens with zero attached hydrogens (tertiary/aromatic N) is 1. The summed E-state index contributed by atoms with van der Waals surface area (Å²) < 4.78 is 4.94. The molecule has 0 spiro atoms. The van der Waals surface area contributed by atoms with Crippen LogP contribution in [0.2, 0.25) is 0 Å². The minimum Gasteiger partial charge on any atom is -0.459 e. The van der Waals surface area contributed by atoms with E-state index < -0.39 is 5.91 Å². The van der Waals surface area contributed by atoms with E-state index in [0.29, 0.717) is 5.92 Å².